The lowest BCUT2D eigenvalue weighted by Crippen LogP contribution is -2.15. The summed E-state index contributed by atoms with van der Waals surface area (Å²) in [5.74, 6) is 0.380. The molecule has 0 N–H and O–H groups in total. The Morgan fingerprint density at radius 3 is 2.55 bits per heavy atom. The summed E-state index contributed by atoms with van der Waals surface area (Å²) in [5.41, 5.74) is 1.90. The molecule has 1 aromatic heterocycles. The predicted octanol–water partition coefficient (Wildman–Crippen LogP) is 2.53. The maximum absolute atomic E-state index is 12.6. The summed E-state index contributed by atoms with van der Waals surface area (Å²) in [6.45, 7) is 6.26. The third-order valence-electron chi connectivity index (χ3n) is 3.03. The Kier molecular flexibility index (Phi) is 4.13. The molecule has 0 radical (unpaired) electrons. The second-order valence-electron chi connectivity index (χ2n) is 4.62. The quantitative estimate of drug-likeness (QED) is 0.850. The first-order valence-electron chi connectivity index (χ1n) is 6.46. The lowest BCUT2D eigenvalue weighted by Gasteiger charge is -2.14. The molecule has 0 amide bonds. The molecule has 0 saturated carbocycles. The zero-order valence-electron chi connectivity index (χ0n) is 11.8. The van der Waals surface area contributed by atoms with Crippen LogP contribution in [-0.2, 0) is 10.0 Å². The first-order chi connectivity index (χ1) is 9.46. The summed E-state index contributed by atoms with van der Waals surface area (Å²) in [5, 5.41) is 3.81. The molecule has 1 aromatic carbocycles. The molecule has 0 fully saturated rings. The first-order valence-corrected chi connectivity index (χ1v) is 7.90. The zero-order valence-corrected chi connectivity index (χ0v) is 12.6. The van der Waals surface area contributed by atoms with Crippen LogP contribution in [0.15, 0.2) is 35.5 Å². The third kappa shape index (κ3) is 2.70. The highest BCUT2D eigenvalue weighted by Crippen LogP contribution is 2.29. The molecule has 5 nitrogen and oxygen atoms in total. The summed E-state index contributed by atoms with van der Waals surface area (Å²) in [6.07, 6.45) is 3.66. The van der Waals surface area contributed by atoms with E-state index in [0.717, 1.165) is 21.6 Å². The third-order valence-corrected chi connectivity index (χ3v) is 4.61. The number of benzene rings is 1. The molecular formula is C14H18N2O3S. The van der Waals surface area contributed by atoms with Crippen LogP contribution in [0.25, 0.3) is 0 Å². The van der Waals surface area contributed by atoms with Gasteiger partial charge >= 0.3 is 0 Å². The van der Waals surface area contributed by atoms with E-state index in [1.807, 2.05) is 20.8 Å². The SMILES string of the molecule is CCCOc1cc(C)c(C)cc1S(=O)(=O)n1cccn1. The van der Waals surface area contributed by atoms with Crippen molar-refractivity contribution < 1.29 is 13.2 Å². The van der Waals surface area contributed by atoms with Gasteiger partial charge in [-0.2, -0.15) is 17.6 Å². The number of aromatic nitrogens is 2. The summed E-state index contributed by atoms with van der Waals surface area (Å²) in [4.78, 5) is 0.151. The molecule has 0 unspecified atom stereocenters. The number of hydrogen-bond donors (Lipinski definition) is 0. The average molecular weight is 294 g/mol. The van der Waals surface area contributed by atoms with E-state index in [9.17, 15) is 8.42 Å². The molecular weight excluding hydrogens is 276 g/mol. The van der Waals surface area contributed by atoms with Crippen molar-refractivity contribution in [3.8, 4) is 5.75 Å². The maximum Gasteiger partial charge on any atom is 0.286 e. The highest BCUT2D eigenvalue weighted by Gasteiger charge is 2.23. The van der Waals surface area contributed by atoms with E-state index in [1.165, 1.54) is 12.4 Å². The Labute approximate surface area is 119 Å². The molecule has 2 aromatic rings. The van der Waals surface area contributed by atoms with Crippen molar-refractivity contribution in [2.24, 2.45) is 0 Å². The Balaban J connectivity index is 2.57. The standard InChI is InChI=1S/C14H18N2O3S/c1-4-8-19-13-9-11(2)12(3)10-14(13)20(17,18)16-7-5-6-15-16/h5-7,9-10H,4,8H2,1-3H3. The summed E-state index contributed by atoms with van der Waals surface area (Å²) < 4.78 is 31.7. The van der Waals surface area contributed by atoms with E-state index in [4.69, 9.17) is 4.74 Å². The van der Waals surface area contributed by atoms with Crippen LogP contribution >= 0.6 is 0 Å². The van der Waals surface area contributed by atoms with Crippen LogP contribution in [0.2, 0.25) is 0 Å². The van der Waals surface area contributed by atoms with Crippen molar-refractivity contribution in [3.05, 3.63) is 41.7 Å². The minimum Gasteiger partial charge on any atom is -0.492 e. The van der Waals surface area contributed by atoms with Crippen molar-refractivity contribution in [1.29, 1.82) is 0 Å². The molecule has 0 aliphatic rings. The number of aryl methyl sites for hydroxylation is 2. The number of hydrogen-bond acceptors (Lipinski definition) is 4. The van der Waals surface area contributed by atoms with Crippen LogP contribution in [0.3, 0.4) is 0 Å². The first kappa shape index (κ1) is 14.6. The highest BCUT2D eigenvalue weighted by atomic mass is 32.2. The van der Waals surface area contributed by atoms with Crippen LogP contribution in [0.5, 0.6) is 5.75 Å². The van der Waals surface area contributed by atoms with E-state index >= 15 is 0 Å². The van der Waals surface area contributed by atoms with Gasteiger partial charge in [0.2, 0.25) is 0 Å². The van der Waals surface area contributed by atoms with Crippen molar-refractivity contribution in [1.82, 2.24) is 9.19 Å². The van der Waals surface area contributed by atoms with Gasteiger partial charge in [0.05, 0.1) is 12.8 Å². The molecule has 0 atom stereocenters. The van der Waals surface area contributed by atoms with Gasteiger partial charge in [-0.05, 0) is 49.6 Å². The molecule has 2 rings (SSSR count). The van der Waals surface area contributed by atoms with Crippen molar-refractivity contribution in [2.75, 3.05) is 6.61 Å². The van der Waals surface area contributed by atoms with Crippen LogP contribution in [0, 0.1) is 13.8 Å². The van der Waals surface area contributed by atoms with Crippen molar-refractivity contribution >= 4 is 10.0 Å². The van der Waals surface area contributed by atoms with E-state index < -0.39 is 10.0 Å². The highest BCUT2D eigenvalue weighted by molar-refractivity contribution is 7.90. The van der Waals surface area contributed by atoms with Gasteiger partial charge in [0.25, 0.3) is 10.0 Å². The predicted molar refractivity (Wildman–Crippen MR) is 76.5 cm³/mol. The van der Waals surface area contributed by atoms with Crippen LogP contribution < -0.4 is 4.74 Å². The molecule has 108 valence electrons. The minimum atomic E-state index is -3.72. The Hall–Kier alpha value is -1.82. The van der Waals surface area contributed by atoms with E-state index in [0.29, 0.717) is 12.4 Å². The topological polar surface area (TPSA) is 61.2 Å². The molecule has 0 aliphatic carbocycles. The number of ether oxygens (including phenoxy) is 1. The van der Waals surface area contributed by atoms with E-state index in [-0.39, 0.29) is 4.90 Å². The van der Waals surface area contributed by atoms with Crippen LogP contribution in [-0.4, -0.2) is 24.2 Å². The van der Waals surface area contributed by atoms with Gasteiger partial charge < -0.3 is 4.74 Å². The van der Waals surface area contributed by atoms with Crippen molar-refractivity contribution in [3.63, 3.8) is 0 Å². The number of nitrogens with zero attached hydrogens (tertiary/aromatic N) is 2. The second-order valence-corrected chi connectivity index (χ2v) is 6.38. The molecule has 0 spiro atoms. The minimum absolute atomic E-state index is 0.151. The van der Waals surface area contributed by atoms with E-state index in [1.54, 1.807) is 18.2 Å². The van der Waals surface area contributed by atoms with Gasteiger partial charge in [0.15, 0.2) is 0 Å². The fraction of sp³-hybridized carbons (Fsp3) is 0.357. The average Bonchev–Trinajstić information content (AvgIpc) is 2.94. The summed E-state index contributed by atoms with van der Waals surface area (Å²) >= 11 is 0. The van der Waals surface area contributed by atoms with Crippen molar-refractivity contribution in [2.45, 2.75) is 32.1 Å². The van der Waals surface area contributed by atoms with Gasteiger partial charge in [-0.1, -0.05) is 6.92 Å². The monoisotopic (exact) mass is 294 g/mol. The van der Waals surface area contributed by atoms with Gasteiger partial charge in [-0.25, -0.2) is 0 Å². The van der Waals surface area contributed by atoms with Crippen LogP contribution in [0.1, 0.15) is 24.5 Å². The summed E-state index contributed by atoms with van der Waals surface area (Å²) in [7, 11) is -3.72. The Morgan fingerprint density at radius 1 is 1.25 bits per heavy atom. The lowest BCUT2D eigenvalue weighted by molar-refractivity contribution is 0.309. The van der Waals surface area contributed by atoms with Gasteiger partial charge in [0, 0.05) is 6.20 Å². The zero-order chi connectivity index (χ0) is 14.8. The normalized spacial score (nSPS) is 11.6. The molecule has 0 bridgehead atoms. The van der Waals surface area contributed by atoms with Gasteiger partial charge in [-0.3, -0.25) is 0 Å². The number of rotatable bonds is 5. The molecule has 20 heavy (non-hydrogen) atoms. The molecule has 1 heterocycles. The maximum atomic E-state index is 12.6. The fourth-order valence-corrected chi connectivity index (χ4v) is 3.10. The van der Waals surface area contributed by atoms with Gasteiger partial charge in [-0.15, -0.1) is 0 Å². The molecule has 0 aliphatic heterocycles. The lowest BCUT2D eigenvalue weighted by atomic mass is 10.1. The molecule has 0 saturated heterocycles. The Morgan fingerprint density at radius 2 is 1.95 bits per heavy atom. The second kappa shape index (κ2) is 5.66. The molecule has 6 heteroatoms. The smallest absolute Gasteiger partial charge is 0.286 e. The largest absolute Gasteiger partial charge is 0.492 e. The summed E-state index contributed by atoms with van der Waals surface area (Å²) in [6, 6.07) is 4.98. The fourth-order valence-electron chi connectivity index (χ4n) is 1.79. The van der Waals surface area contributed by atoms with Gasteiger partial charge in [0.1, 0.15) is 10.6 Å². The van der Waals surface area contributed by atoms with E-state index in [2.05, 4.69) is 5.10 Å². The Bertz CT molecular complexity index is 691. The van der Waals surface area contributed by atoms with Crippen LogP contribution in [0.4, 0.5) is 0 Å².